The Labute approximate surface area is 123 Å². The molecule has 118 valence electrons. The molecular weight excluding hydrogens is 279 g/mol. The summed E-state index contributed by atoms with van der Waals surface area (Å²) in [7, 11) is 0. The fourth-order valence-corrected chi connectivity index (χ4v) is 2.67. The molecule has 0 spiro atoms. The van der Waals surface area contributed by atoms with Crippen molar-refractivity contribution in [2.45, 2.75) is 44.8 Å². The van der Waals surface area contributed by atoms with Gasteiger partial charge >= 0.3 is 6.18 Å². The second kappa shape index (κ2) is 7.11. The number of anilines is 1. The normalized spacial score (nSPS) is 19.5. The highest BCUT2D eigenvalue weighted by Crippen LogP contribution is 2.29. The molecule has 2 heterocycles. The van der Waals surface area contributed by atoms with Gasteiger partial charge < -0.3 is 10.2 Å². The van der Waals surface area contributed by atoms with Gasteiger partial charge in [0.25, 0.3) is 0 Å². The number of pyridine rings is 1. The molecule has 2 rings (SSSR count). The molecule has 1 aliphatic heterocycles. The van der Waals surface area contributed by atoms with Crippen LogP contribution in [0.4, 0.5) is 19.0 Å². The molecule has 0 saturated carbocycles. The van der Waals surface area contributed by atoms with E-state index in [4.69, 9.17) is 0 Å². The van der Waals surface area contributed by atoms with E-state index >= 15 is 0 Å². The van der Waals surface area contributed by atoms with Crippen molar-refractivity contribution in [2.24, 2.45) is 0 Å². The van der Waals surface area contributed by atoms with E-state index in [-0.39, 0.29) is 0 Å². The Morgan fingerprint density at radius 3 is 2.76 bits per heavy atom. The minimum absolute atomic E-state index is 0.335. The molecule has 1 fully saturated rings. The second-order valence-electron chi connectivity index (χ2n) is 5.47. The van der Waals surface area contributed by atoms with Crippen molar-refractivity contribution >= 4 is 5.82 Å². The first kappa shape index (κ1) is 16.1. The summed E-state index contributed by atoms with van der Waals surface area (Å²) in [5, 5.41) is 3.43. The van der Waals surface area contributed by atoms with Gasteiger partial charge in [0.2, 0.25) is 0 Å². The van der Waals surface area contributed by atoms with Crippen molar-refractivity contribution < 1.29 is 13.2 Å². The molecule has 0 amide bonds. The number of hydrogen-bond donors (Lipinski definition) is 1. The van der Waals surface area contributed by atoms with Crippen LogP contribution in [0, 0.1) is 0 Å². The topological polar surface area (TPSA) is 28.2 Å². The molecule has 1 aromatic heterocycles. The molecule has 1 unspecified atom stereocenters. The predicted molar refractivity (Wildman–Crippen MR) is 77.4 cm³/mol. The number of rotatable bonds is 5. The Hall–Kier alpha value is -1.30. The number of nitrogens with one attached hydrogen (secondary N) is 1. The van der Waals surface area contributed by atoms with E-state index in [1.54, 1.807) is 6.07 Å². The fourth-order valence-electron chi connectivity index (χ4n) is 2.67. The molecule has 1 N–H and O–H groups in total. The van der Waals surface area contributed by atoms with Gasteiger partial charge in [0, 0.05) is 19.1 Å². The highest BCUT2D eigenvalue weighted by Gasteiger charge is 2.33. The number of piperidine rings is 1. The second-order valence-corrected chi connectivity index (χ2v) is 5.47. The molecule has 21 heavy (non-hydrogen) atoms. The highest BCUT2D eigenvalue weighted by atomic mass is 19.4. The number of alkyl halides is 3. The van der Waals surface area contributed by atoms with Crippen LogP contribution in [0.15, 0.2) is 18.2 Å². The number of aromatic nitrogens is 1. The van der Waals surface area contributed by atoms with Gasteiger partial charge in [-0.2, -0.15) is 13.2 Å². The summed E-state index contributed by atoms with van der Waals surface area (Å²) in [5.74, 6) is 0.416. The summed E-state index contributed by atoms with van der Waals surface area (Å²) in [6, 6.07) is 4.45. The van der Waals surface area contributed by atoms with Crippen LogP contribution in [0.3, 0.4) is 0 Å². The lowest BCUT2D eigenvalue weighted by Gasteiger charge is -2.31. The lowest BCUT2D eigenvalue weighted by atomic mass is 10.0. The Bertz CT molecular complexity index is 442. The standard InChI is InChI=1S/C15H22F3N3/c1-2-10-21(11-12-6-3-4-9-19-12)14-8-5-7-13(20-14)15(16,17)18/h5,7-8,12,19H,2-4,6,9-11H2,1H3. The third-order valence-electron chi connectivity index (χ3n) is 3.70. The smallest absolute Gasteiger partial charge is 0.355 e. The van der Waals surface area contributed by atoms with E-state index in [9.17, 15) is 13.2 Å². The first-order valence-electron chi connectivity index (χ1n) is 7.53. The van der Waals surface area contributed by atoms with Gasteiger partial charge in [-0.1, -0.05) is 19.4 Å². The quantitative estimate of drug-likeness (QED) is 0.903. The summed E-state index contributed by atoms with van der Waals surface area (Å²) >= 11 is 0. The molecule has 0 bridgehead atoms. The van der Waals surface area contributed by atoms with E-state index in [0.29, 0.717) is 24.9 Å². The van der Waals surface area contributed by atoms with E-state index < -0.39 is 11.9 Å². The molecule has 0 radical (unpaired) electrons. The zero-order chi connectivity index (χ0) is 15.3. The van der Waals surface area contributed by atoms with Gasteiger partial charge in [-0.05, 0) is 37.9 Å². The van der Waals surface area contributed by atoms with Gasteiger partial charge in [-0.25, -0.2) is 4.98 Å². The number of hydrogen-bond acceptors (Lipinski definition) is 3. The van der Waals surface area contributed by atoms with Crippen LogP contribution < -0.4 is 10.2 Å². The average molecular weight is 301 g/mol. The summed E-state index contributed by atoms with van der Waals surface area (Å²) in [4.78, 5) is 5.76. The zero-order valence-corrected chi connectivity index (χ0v) is 12.3. The van der Waals surface area contributed by atoms with Crippen LogP contribution in [0.25, 0.3) is 0 Å². The van der Waals surface area contributed by atoms with Crippen LogP contribution in [0.5, 0.6) is 0 Å². The van der Waals surface area contributed by atoms with Gasteiger partial charge in [0.1, 0.15) is 11.5 Å². The molecule has 1 aromatic rings. The minimum atomic E-state index is -4.39. The maximum absolute atomic E-state index is 12.8. The van der Waals surface area contributed by atoms with E-state index in [2.05, 4.69) is 10.3 Å². The Morgan fingerprint density at radius 2 is 2.14 bits per heavy atom. The molecule has 6 heteroatoms. The first-order valence-corrected chi connectivity index (χ1v) is 7.53. The van der Waals surface area contributed by atoms with Crippen LogP contribution in [-0.4, -0.2) is 30.7 Å². The molecule has 1 atom stereocenters. The minimum Gasteiger partial charge on any atom is -0.355 e. The SMILES string of the molecule is CCCN(CC1CCCCN1)c1cccc(C(F)(F)F)n1. The lowest BCUT2D eigenvalue weighted by molar-refractivity contribution is -0.141. The van der Waals surface area contributed by atoms with Crippen molar-refractivity contribution in [3.05, 3.63) is 23.9 Å². The van der Waals surface area contributed by atoms with Gasteiger partial charge in [0.05, 0.1) is 0 Å². The number of halogens is 3. The van der Waals surface area contributed by atoms with Crippen molar-refractivity contribution in [3.8, 4) is 0 Å². The van der Waals surface area contributed by atoms with Crippen molar-refractivity contribution in [1.82, 2.24) is 10.3 Å². The Balaban J connectivity index is 2.13. The third kappa shape index (κ3) is 4.59. The maximum Gasteiger partial charge on any atom is 0.433 e. The van der Waals surface area contributed by atoms with Gasteiger partial charge in [-0.15, -0.1) is 0 Å². The Morgan fingerprint density at radius 1 is 1.33 bits per heavy atom. The summed E-state index contributed by atoms with van der Waals surface area (Å²) in [5.41, 5.74) is -0.822. The average Bonchev–Trinajstić information content (AvgIpc) is 2.47. The maximum atomic E-state index is 12.8. The summed E-state index contributed by atoms with van der Waals surface area (Å²) < 4.78 is 38.3. The summed E-state index contributed by atoms with van der Waals surface area (Å²) in [6.07, 6.45) is -0.0967. The molecule has 3 nitrogen and oxygen atoms in total. The predicted octanol–water partition coefficient (Wildman–Crippen LogP) is 3.46. The van der Waals surface area contributed by atoms with Crippen LogP contribution in [-0.2, 0) is 6.18 Å². The molecule has 0 aromatic carbocycles. The molecular formula is C15H22F3N3. The van der Waals surface area contributed by atoms with E-state index in [1.807, 2.05) is 11.8 Å². The monoisotopic (exact) mass is 301 g/mol. The van der Waals surface area contributed by atoms with Crippen molar-refractivity contribution in [2.75, 3.05) is 24.5 Å². The zero-order valence-electron chi connectivity index (χ0n) is 12.3. The van der Waals surface area contributed by atoms with Crippen LogP contribution in [0.2, 0.25) is 0 Å². The molecule has 1 saturated heterocycles. The highest BCUT2D eigenvalue weighted by molar-refractivity contribution is 5.40. The van der Waals surface area contributed by atoms with E-state index in [0.717, 1.165) is 25.5 Å². The Kier molecular flexibility index (Phi) is 5.45. The number of nitrogens with zero attached hydrogens (tertiary/aromatic N) is 2. The van der Waals surface area contributed by atoms with Crippen molar-refractivity contribution in [3.63, 3.8) is 0 Å². The third-order valence-corrected chi connectivity index (χ3v) is 3.70. The largest absolute Gasteiger partial charge is 0.433 e. The molecule has 1 aliphatic rings. The molecule has 0 aliphatic carbocycles. The first-order chi connectivity index (χ1) is 10.0. The van der Waals surface area contributed by atoms with Crippen molar-refractivity contribution in [1.29, 1.82) is 0 Å². The summed E-state index contributed by atoms with van der Waals surface area (Å²) in [6.45, 7) is 4.43. The van der Waals surface area contributed by atoms with E-state index in [1.165, 1.54) is 18.9 Å². The van der Waals surface area contributed by atoms with Gasteiger partial charge in [-0.3, -0.25) is 0 Å². The lowest BCUT2D eigenvalue weighted by Crippen LogP contribution is -2.44. The van der Waals surface area contributed by atoms with Crippen LogP contribution in [0.1, 0.15) is 38.3 Å². The fraction of sp³-hybridized carbons (Fsp3) is 0.667. The van der Waals surface area contributed by atoms with Crippen LogP contribution >= 0.6 is 0 Å². The van der Waals surface area contributed by atoms with Gasteiger partial charge in [0.15, 0.2) is 0 Å².